The van der Waals surface area contributed by atoms with Crippen LogP contribution in [0.25, 0.3) is 0 Å². The van der Waals surface area contributed by atoms with Gasteiger partial charge in [-0.3, -0.25) is 0 Å². The van der Waals surface area contributed by atoms with Crippen LogP contribution >= 0.6 is 0 Å². The van der Waals surface area contributed by atoms with Gasteiger partial charge in [-0.05, 0) is 0 Å². The van der Waals surface area contributed by atoms with Crippen LogP contribution in [0.2, 0.25) is 0 Å². The third-order valence-corrected chi connectivity index (χ3v) is 1.88. The maximum Gasteiger partial charge on any atom is 0.209 e. The van der Waals surface area contributed by atoms with E-state index in [1.54, 1.807) is 0 Å². The highest BCUT2D eigenvalue weighted by molar-refractivity contribution is 7.89. The average Bonchev–Trinajstić information content (AvgIpc) is 2.32. The van der Waals surface area contributed by atoms with Crippen molar-refractivity contribution >= 4 is 10.0 Å². The van der Waals surface area contributed by atoms with E-state index in [1.807, 2.05) is 0 Å². The van der Waals surface area contributed by atoms with Crippen LogP contribution in [-0.2, 0) is 16.4 Å². The Hall–Kier alpha value is -0.950. The van der Waals surface area contributed by atoms with Gasteiger partial charge in [0, 0.05) is 6.42 Å². The molecule has 0 aliphatic carbocycles. The summed E-state index contributed by atoms with van der Waals surface area (Å²) in [6.45, 7) is 0. The summed E-state index contributed by atoms with van der Waals surface area (Å²) in [4.78, 5) is 0. The predicted molar refractivity (Wildman–Crippen MR) is 38.1 cm³/mol. The Bertz CT molecular complexity index is 303. The van der Waals surface area contributed by atoms with E-state index < -0.39 is 10.0 Å². The van der Waals surface area contributed by atoms with Gasteiger partial charge < -0.3 is 0 Å². The summed E-state index contributed by atoms with van der Waals surface area (Å²) < 4.78 is 20.9. The molecule has 0 atom stereocenters. The second kappa shape index (κ2) is 2.97. The van der Waals surface area contributed by atoms with Crippen molar-refractivity contribution in [1.82, 2.24) is 15.4 Å². The molecule has 0 bridgehead atoms. The van der Waals surface area contributed by atoms with Gasteiger partial charge in [0.05, 0.1) is 17.6 Å². The highest BCUT2D eigenvalue weighted by atomic mass is 32.2. The van der Waals surface area contributed by atoms with Gasteiger partial charge in [0.15, 0.2) is 0 Å². The quantitative estimate of drug-likeness (QED) is 0.593. The molecule has 1 heterocycles. The van der Waals surface area contributed by atoms with Gasteiger partial charge in [-0.15, -0.1) is 0 Å². The van der Waals surface area contributed by atoms with Gasteiger partial charge in [0.25, 0.3) is 0 Å². The largest absolute Gasteiger partial charge is 0.229 e. The van der Waals surface area contributed by atoms with Crippen LogP contribution in [0.5, 0.6) is 0 Å². The molecule has 0 radical (unpaired) electrons. The van der Waals surface area contributed by atoms with Crippen molar-refractivity contribution in [3.8, 4) is 0 Å². The standard InChI is InChI=1S/C4H8N4O2S/c5-11(9,10)2-1-4-3-6-8-7-4/h3H,1-2H2,(H2,5,9,10)(H,6,7,8). The Balaban J connectivity index is 2.48. The molecule has 3 N–H and O–H groups in total. The number of rotatable bonds is 3. The molecule has 0 aliphatic heterocycles. The summed E-state index contributed by atoms with van der Waals surface area (Å²) in [7, 11) is -3.38. The van der Waals surface area contributed by atoms with Crippen LogP contribution in [0, 0.1) is 0 Å². The molecule has 7 heteroatoms. The van der Waals surface area contributed by atoms with E-state index in [9.17, 15) is 8.42 Å². The minimum absolute atomic E-state index is 0.0977. The highest BCUT2D eigenvalue weighted by Gasteiger charge is 2.04. The lowest BCUT2D eigenvalue weighted by molar-refractivity contribution is 0.596. The first-order valence-electron chi connectivity index (χ1n) is 2.93. The lowest BCUT2D eigenvalue weighted by Gasteiger charge is -1.92. The molecule has 1 aromatic heterocycles. The Labute approximate surface area is 63.8 Å². The van der Waals surface area contributed by atoms with Crippen LogP contribution in [0.3, 0.4) is 0 Å². The fraction of sp³-hybridized carbons (Fsp3) is 0.500. The molecular weight excluding hydrogens is 168 g/mol. The molecule has 0 saturated carbocycles. The molecule has 0 spiro atoms. The first-order valence-corrected chi connectivity index (χ1v) is 4.64. The number of primary sulfonamides is 1. The van der Waals surface area contributed by atoms with Gasteiger partial charge in [0.2, 0.25) is 10.0 Å². The molecule has 0 amide bonds. The molecule has 0 saturated heterocycles. The van der Waals surface area contributed by atoms with Crippen molar-refractivity contribution in [2.24, 2.45) is 5.14 Å². The number of aryl methyl sites for hydroxylation is 1. The average molecular weight is 176 g/mol. The van der Waals surface area contributed by atoms with E-state index in [0.717, 1.165) is 0 Å². The van der Waals surface area contributed by atoms with Crippen molar-refractivity contribution in [3.05, 3.63) is 11.9 Å². The van der Waals surface area contributed by atoms with Crippen molar-refractivity contribution in [1.29, 1.82) is 0 Å². The number of aromatic amines is 1. The van der Waals surface area contributed by atoms with Crippen molar-refractivity contribution in [2.45, 2.75) is 6.42 Å². The summed E-state index contributed by atoms with van der Waals surface area (Å²) in [5.74, 6) is -0.0977. The second-order valence-corrected chi connectivity index (χ2v) is 3.81. The Morgan fingerprint density at radius 1 is 1.64 bits per heavy atom. The molecular formula is C4H8N4O2S. The zero-order valence-electron chi connectivity index (χ0n) is 5.69. The smallest absolute Gasteiger partial charge is 0.209 e. The topological polar surface area (TPSA) is 102 Å². The van der Waals surface area contributed by atoms with E-state index in [2.05, 4.69) is 15.4 Å². The molecule has 0 aliphatic rings. The maximum absolute atomic E-state index is 10.4. The lowest BCUT2D eigenvalue weighted by atomic mass is 10.4. The summed E-state index contributed by atoms with van der Waals surface area (Å²) in [5.41, 5.74) is 0.596. The van der Waals surface area contributed by atoms with Crippen LogP contribution in [0.15, 0.2) is 6.20 Å². The first-order chi connectivity index (χ1) is 5.08. The van der Waals surface area contributed by atoms with E-state index in [0.29, 0.717) is 12.1 Å². The van der Waals surface area contributed by atoms with Crippen LogP contribution in [0.4, 0.5) is 0 Å². The summed E-state index contributed by atoms with van der Waals surface area (Å²) >= 11 is 0. The summed E-state index contributed by atoms with van der Waals surface area (Å²) in [6.07, 6.45) is 1.76. The summed E-state index contributed by atoms with van der Waals surface area (Å²) in [6, 6.07) is 0. The SMILES string of the molecule is NS(=O)(=O)CCc1cn[nH]n1. The molecule has 1 aromatic rings. The molecule has 11 heavy (non-hydrogen) atoms. The lowest BCUT2D eigenvalue weighted by Crippen LogP contribution is -2.18. The number of hydrogen-bond donors (Lipinski definition) is 2. The van der Waals surface area contributed by atoms with E-state index >= 15 is 0 Å². The zero-order valence-corrected chi connectivity index (χ0v) is 6.50. The number of nitrogens with one attached hydrogen (secondary N) is 1. The van der Waals surface area contributed by atoms with Gasteiger partial charge >= 0.3 is 0 Å². The number of hydrogen-bond acceptors (Lipinski definition) is 4. The van der Waals surface area contributed by atoms with Crippen molar-refractivity contribution in [3.63, 3.8) is 0 Å². The van der Waals surface area contributed by atoms with E-state index in [1.165, 1.54) is 6.20 Å². The highest BCUT2D eigenvalue weighted by Crippen LogP contribution is 1.91. The minimum atomic E-state index is -3.38. The van der Waals surface area contributed by atoms with Gasteiger partial charge in [0.1, 0.15) is 0 Å². The molecule has 1 rings (SSSR count). The third kappa shape index (κ3) is 3.10. The monoisotopic (exact) mass is 176 g/mol. The molecule has 0 unspecified atom stereocenters. The van der Waals surface area contributed by atoms with Crippen molar-refractivity contribution in [2.75, 3.05) is 5.75 Å². The van der Waals surface area contributed by atoms with Crippen LogP contribution in [-0.4, -0.2) is 29.6 Å². The Morgan fingerprint density at radius 2 is 2.36 bits per heavy atom. The van der Waals surface area contributed by atoms with E-state index in [-0.39, 0.29) is 5.75 Å². The second-order valence-electron chi connectivity index (χ2n) is 2.08. The zero-order chi connectivity index (χ0) is 8.32. The van der Waals surface area contributed by atoms with Crippen LogP contribution in [0.1, 0.15) is 5.69 Å². The van der Waals surface area contributed by atoms with Gasteiger partial charge in [-0.2, -0.15) is 15.4 Å². The minimum Gasteiger partial charge on any atom is -0.229 e. The normalized spacial score (nSPS) is 11.7. The van der Waals surface area contributed by atoms with Gasteiger partial charge in [-0.1, -0.05) is 0 Å². The van der Waals surface area contributed by atoms with Gasteiger partial charge in [-0.25, -0.2) is 13.6 Å². The summed E-state index contributed by atoms with van der Waals surface area (Å²) in [5, 5.41) is 14.3. The number of nitrogens with zero attached hydrogens (tertiary/aromatic N) is 2. The number of sulfonamides is 1. The number of nitrogens with two attached hydrogens (primary N) is 1. The fourth-order valence-corrected chi connectivity index (χ4v) is 1.09. The van der Waals surface area contributed by atoms with E-state index in [4.69, 9.17) is 5.14 Å². The third-order valence-electron chi connectivity index (χ3n) is 1.11. The number of aromatic nitrogens is 3. The molecule has 0 aromatic carbocycles. The van der Waals surface area contributed by atoms with Crippen molar-refractivity contribution < 1.29 is 8.42 Å². The fourth-order valence-electron chi connectivity index (χ4n) is 0.593. The Kier molecular flexibility index (Phi) is 2.20. The van der Waals surface area contributed by atoms with Crippen LogP contribution < -0.4 is 5.14 Å². The predicted octanol–water partition coefficient (Wildman–Crippen LogP) is -1.36. The molecule has 6 nitrogen and oxygen atoms in total. The maximum atomic E-state index is 10.4. The number of H-pyrrole nitrogens is 1. The Morgan fingerprint density at radius 3 is 2.82 bits per heavy atom. The molecule has 0 fully saturated rings. The molecule has 62 valence electrons. The first kappa shape index (κ1) is 8.15.